The minimum Gasteiger partial charge on any atom is -0.323 e. The van der Waals surface area contributed by atoms with E-state index < -0.39 is 11.1 Å². The van der Waals surface area contributed by atoms with Gasteiger partial charge in [-0.1, -0.05) is 42.1 Å². The van der Waals surface area contributed by atoms with E-state index in [-0.39, 0.29) is 11.6 Å². The van der Waals surface area contributed by atoms with Gasteiger partial charge in [0.15, 0.2) is 0 Å². The number of halogens is 1. The van der Waals surface area contributed by atoms with Crippen molar-refractivity contribution in [2.75, 3.05) is 5.32 Å². The van der Waals surface area contributed by atoms with Crippen LogP contribution in [0.25, 0.3) is 5.69 Å². The first-order valence-electron chi connectivity index (χ1n) is 7.21. The Hall–Kier alpha value is -2.74. The number of hydrogen-bond acceptors (Lipinski definition) is 5. The topological polar surface area (TPSA) is 72.7 Å². The Morgan fingerprint density at radius 3 is 2.62 bits per heavy atom. The van der Waals surface area contributed by atoms with Crippen LogP contribution in [0.3, 0.4) is 0 Å². The molecule has 1 amide bonds. The maximum absolute atomic E-state index is 13.6. The van der Waals surface area contributed by atoms with Crippen LogP contribution in [0.1, 0.15) is 6.92 Å². The second kappa shape index (κ2) is 7.22. The lowest BCUT2D eigenvalue weighted by Crippen LogP contribution is -2.23. The zero-order valence-corrected chi connectivity index (χ0v) is 13.6. The first-order valence-corrected chi connectivity index (χ1v) is 8.09. The van der Waals surface area contributed by atoms with Gasteiger partial charge in [-0.2, -0.15) is 4.68 Å². The monoisotopic (exact) mass is 343 g/mol. The van der Waals surface area contributed by atoms with E-state index in [0.717, 1.165) is 5.69 Å². The number of carbonyl (C=O) groups is 1. The number of thioether (sulfide) groups is 1. The molecule has 0 aliphatic carbocycles. The van der Waals surface area contributed by atoms with Crippen LogP contribution >= 0.6 is 11.8 Å². The predicted molar refractivity (Wildman–Crippen MR) is 89.5 cm³/mol. The summed E-state index contributed by atoms with van der Waals surface area (Å²) < 4.78 is 15.2. The lowest BCUT2D eigenvalue weighted by atomic mass is 10.3. The van der Waals surface area contributed by atoms with Crippen molar-refractivity contribution in [3.8, 4) is 5.69 Å². The number of tetrazole rings is 1. The maximum Gasteiger partial charge on any atom is 0.237 e. The van der Waals surface area contributed by atoms with E-state index in [1.165, 1.54) is 23.9 Å². The first kappa shape index (κ1) is 16.1. The minimum atomic E-state index is -0.502. The second-order valence-electron chi connectivity index (χ2n) is 4.94. The molecule has 0 aliphatic heterocycles. The van der Waals surface area contributed by atoms with Crippen molar-refractivity contribution in [1.82, 2.24) is 20.2 Å². The van der Waals surface area contributed by atoms with Gasteiger partial charge in [0.05, 0.1) is 16.6 Å². The van der Waals surface area contributed by atoms with Crippen LogP contribution in [0.2, 0.25) is 0 Å². The fourth-order valence-corrected chi connectivity index (χ4v) is 2.80. The Labute approximate surface area is 142 Å². The largest absolute Gasteiger partial charge is 0.323 e. The highest BCUT2D eigenvalue weighted by atomic mass is 32.2. The molecule has 0 saturated heterocycles. The summed E-state index contributed by atoms with van der Waals surface area (Å²) in [6, 6.07) is 15.4. The van der Waals surface area contributed by atoms with Gasteiger partial charge in [0.25, 0.3) is 0 Å². The molecule has 122 valence electrons. The normalized spacial score (nSPS) is 11.9. The Morgan fingerprint density at radius 2 is 1.88 bits per heavy atom. The molecule has 1 N–H and O–H groups in total. The molecular weight excluding hydrogens is 329 g/mol. The summed E-state index contributed by atoms with van der Waals surface area (Å²) in [6.45, 7) is 1.71. The molecule has 0 bridgehead atoms. The zero-order chi connectivity index (χ0) is 16.9. The van der Waals surface area contributed by atoms with Gasteiger partial charge < -0.3 is 5.32 Å². The number of aromatic nitrogens is 4. The van der Waals surface area contributed by atoms with Crippen molar-refractivity contribution in [2.24, 2.45) is 0 Å². The lowest BCUT2D eigenvalue weighted by Gasteiger charge is -2.12. The number of carbonyl (C=O) groups excluding carboxylic acids is 1. The van der Waals surface area contributed by atoms with Crippen molar-refractivity contribution >= 4 is 23.4 Å². The van der Waals surface area contributed by atoms with Crippen LogP contribution in [0, 0.1) is 5.82 Å². The van der Waals surface area contributed by atoms with E-state index >= 15 is 0 Å². The van der Waals surface area contributed by atoms with E-state index in [9.17, 15) is 9.18 Å². The molecule has 24 heavy (non-hydrogen) atoms. The Bertz CT molecular complexity index is 839. The molecule has 0 fully saturated rings. The van der Waals surface area contributed by atoms with Crippen LogP contribution in [0.5, 0.6) is 0 Å². The highest BCUT2D eigenvalue weighted by Gasteiger charge is 2.20. The van der Waals surface area contributed by atoms with Gasteiger partial charge in [-0.3, -0.25) is 4.79 Å². The van der Waals surface area contributed by atoms with Gasteiger partial charge in [-0.15, -0.1) is 5.10 Å². The highest BCUT2D eigenvalue weighted by Crippen LogP contribution is 2.24. The van der Waals surface area contributed by atoms with E-state index in [2.05, 4.69) is 20.8 Å². The van der Waals surface area contributed by atoms with Gasteiger partial charge in [0, 0.05) is 0 Å². The maximum atomic E-state index is 13.6. The molecule has 1 atom stereocenters. The van der Waals surface area contributed by atoms with Crippen LogP contribution in [-0.4, -0.2) is 31.4 Å². The summed E-state index contributed by atoms with van der Waals surface area (Å²) in [7, 11) is 0. The van der Waals surface area contributed by atoms with Gasteiger partial charge in [-0.25, -0.2) is 4.39 Å². The third-order valence-electron chi connectivity index (χ3n) is 3.22. The summed E-state index contributed by atoms with van der Waals surface area (Å²) in [5, 5.41) is 14.1. The molecule has 3 rings (SSSR count). The number of benzene rings is 2. The summed E-state index contributed by atoms with van der Waals surface area (Å²) in [5.74, 6) is -0.801. The number of hydrogen-bond donors (Lipinski definition) is 1. The van der Waals surface area contributed by atoms with Crippen LogP contribution in [-0.2, 0) is 4.79 Å². The van der Waals surface area contributed by atoms with E-state index in [1.54, 1.807) is 23.7 Å². The standard InChI is InChI=1S/C16H14FN5OS/c1-11(15(23)18-14-10-6-5-9-13(14)17)24-16-19-20-21-22(16)12-7-3-2-4-8-12/h2-11H,1H3,(H,18,23). The quantitative estimate of drug-likeness (QED) is 0.721. The van der Waals surface area contributed by atoms with Crippen molar-refractivity contribution < 1.29 is 9.18 Å². The van der Waals surface area contributed by atoms with Crippen molar-refractivity contribution in [2.45, 2.75) is 17.3 Å². The van der Waals surface area contributed by atoms with Crippen molar-refractivity contribution in [3.63, 3.8) is 0 Å². The molecule has 6 nitrogen and oxygen atoms in total. The number of para-hydroxylation sites is 2. The molecule has 0 aliphatic rings. The molecule has 1 unspecified atom stereocenters. The molecule has 0 saturated carbocycles. The first-order chi connectivity index (χ1) is 11.6. The van der Waals surface area contributed by atoms with Crippen molar-refractivity contribution in [3.05, 3.63) is 60.4 Å². The smallest absolute Gasteiger partial charge is 0.237 e. The Morgan fingerprint density at radius 1 is 1.17 bits per heavy atom. The Kier molecular flexibility index (Phi) is 4.85. The third-order valence-corrected chi connectivity index (χ3v) is 4.26. The molecule has 2 aromatic carbocycles. The fourth-order valence-electron chi connectivity index (χ4n) is 1.99. The second-order valence-corrected chi connectivity index (χ2v) is 6.25. The number of rotatable bonds is 5. The van der Waals surface area contributed by atoms with Crippen LogP contribution in [0.15, 0.2) is 59.8 Å². The number of amides is 1. The molecule has 1 heterocycles. The zero-order valence-electron chi connectivity index (χ0n) is 12.8. The Balaban J connectivity index is 1.72. The molecule has 8 heteroatoms. The lowest BCUT2D eigenvalue weighted by molar-refractivity contribution is -0.115. The summed E-state index contributed by atoms with van der Waals surface area (Å²) >= 11 is 1.20. The van der Waals surface area contributed by atoms with E-state index in [4.69, 9.17) is 0 Å². The fraction of sp³-hybridized carbons (Fsp3) is 0.125. The average molecular weight is 343 g/mol. The molecular formula is C16H14FN5OS. The molecule has 0 spiro atoms. The summed E-state index contributed by atoms with van der Waals surface area (Å²) in [5.41, 5.74) is 0.948. The van der Waals surface area contributed by atoms with Gasteiger partial charge >= 0.3 is 0 Å². The van der Waals surface area contributed by atoms with Gasteiger partial charge in [0.2, 0.25) is 11.1 Å². The van der Waals surface area contributed by atoms with Gasteiger partial charge in [-0.05, 0) is 41.6 Å². The highest BCUT2D eigenvalue weighted by molar-refractivity contribution is 8.00. The van der Waals surface area contributed by atoms with E-state index in [0.29, 0.717) is 5.16 Å². The van der Waals surface area contributed by atoms with Crippen LogP contribution in [0.4, 0.5) is 10.1 Å². The van der Waals surface area contributed by atoms with Gasteiger partial charge in [0.1, 0.15) is 5.82 Å². The molecule has 3 aromatic rings. The predicted octanol–water partition coefficient (Wildman–Crippen LogP) is 2.92. The van der Waals surface area contributed by atoms with Crippen LogP contribution < -0.4 is 5.32 Å². The summed E-state index contributed by atoms with van der Waals surface area (Å²) in [6.07, 6.45) is 0. The average Bonchev–Trinajstić information content (AvgIpc) is 3.05. The van der Waals surface area contributed by atoms with Crippen molar-refractivity contribution in [1.29, 1.82) is 0 Å². The number of nitrogens with one attached hydrogen (secondary N) is 1. The third kappa shape index (κ3) is 3.60. The number of nitrogens with zero attached hydrogens (tertiary/aromatic N) is 4. The minimum absolute atomic E-state index is 0.151. The van der Waals surface area contributed by atoms with E-state index in [1.807, 2.05) is 30.3 Å². The number of anilines is 1. The molecule has 1 aromatic heterocycles. The summed E-state index contributed by atoms with van der Waals surface area (Å²) in [4.78, 5) is 12.3. The SMILES string of the molecule is CC(Sc1nnnn1-c1ccccc1)C(=O)Nc1ccccc1F. The molecule has 0 radical (unpaired) electrons.